The number of benzene rings is 3. The molecule has 0 fully saturated rings. The molecule has 0 bridgehead atoms. The zero-order valence-corrected chi connectivity index (χ0v) is 16.3. The number of nitrogens with one attached hydrogen (secondary N) is 1. The second kappa shape index (κ2) is 8.77. The van der Waals surface area contributed by atoms with Crippen molar-refractivity contribution < 1.29 is 18.7 Å². The van der Waals surface area contributed by atoms with Gasteiger partial charge in [0.25, 0.3) is 5.91 Å². The van der Waals surface area contributed by atoms with E-state index >= 15 is 0 Å². The molecular weight excluding hydrogens is 460 g/mol. The lowest BCUT2D eigenvalue weighted by molar-refractivity contribution is -0.118. The van der Waals surface area contributed by atoms with Crippen LogP contribution in [0.5, 0.6) is 5.75 Å². The van der Waals surface area contributed by atoms with Crippen molar-refractivity contribution in [3.05, 3.63) is 93.3 Å². The summed E-state index contributed by atoms with van der Waals surface area (Å²) in [7, 11) is 0. The third-order valence-corrected chi connectivity index (χ3v) is 4.44. The van der Waals surface area contributed by atoms with Gasteiger partial charge in [0.2, 0.25) is 0 Å². The van der Waals surface area contributed by atoms with Crippen LogP contribution in [0.1, 0.15) is 15.9 Å². The quantitative estimate of drug-likeness (QED) is 0.416. The van der Waals surface area contributed by atoms with Gasteiger partial charge in [0.05, 0.1) is 0 Å². The second-order valence-electron chi connectivity index (χ2n) is 5.70. The molecule has 136 valence electrons. The summed E-state index contributed by atoms with van der Waals surface area (Å²) in [6, 6.07) is 19.3. The van der Waals surface area contributed by atoms with Gasteiger partial charge in [0, 0.05) is 20.4 Å². The van der Waals surface area contributed by atoms with Crippen LogP contribution in [-0.2, 0) is 4.79 Å². The molecule has 0 unspecified atom stereocenters. The van der Waals surface area contributed by atoms with Gasteiger partial charge >= 0.3 is 0 Å². The van der Waals surface area contributed by atoms with Crippen molar-refractivity contribution in [2.24, 2.45) is 0 Å². The van der Waals surface area contributed by atoms with E-state index < -0.39 is 0 Å². The van der Waals surface area contributed by atoms with E-state index in [-0.39, 0.29) is 24.1 Å². The standard InChI is InChI=1S/C21H15FINO3/c22-16-5-1-14(2-6-16)21(26)15-3-11-19(12-4-15)27-13-20(25)24-18-9-7-17(23)8-10-18/h1-12H,13H2,(H,24,25). The molecule has 0 aliphatic heterocycles. The number of ether oxygens (including phenoxy) is 1. The molecule has 3 rings (SSSR count). The van der Waals surface area contributed by atoms with Gasteiger partial charge in [-0.1, -0.05) is 0 Å². The molecule has 0 aliphatic rings. The van der Waals surface area contributed by atoms with Crippen molar-refractivity contribution in [1.29, 1.82) is 0 Å². The second-order valence-corrected chi connectivity index (χ2v) is 6.95. The largest absolute Gasteiger partial charge is 0.484 e. The van der Waals surface area contributed by atoms with E-state index in [1.807, 2.05) is 24.3 Å². The highest BCUT2D eigenvalue weighted by atomic mass is 127. The molecule has 1 amide bonds. The van der Waals surface area contributed by atoms with Crippen LogP contribution in [0.3, 0.4) is 0 Å². The molecular formula is C21H15FINO3. The van der Waals surface area contributed by atoms with E-state index in [4.69, 9.17) is 4.74 Å². The lowest BCUT2D eigenvalue weighted by atomic mass is 10.0. The van der Waals surface area contributed by atoms with Crippen LogP contribution >= 0.6 is 22.6 Å². The fraction of sp³-hybridized carbons (Fsp3) is 0.0476. The Kier molecular flexibility index (Phi) is 6.18. The zero-order valence-electron chi connectivity index (χ0n) is 14.1. The minimum Gasteiger partial charge on any atom is -0.484 e. The van der Waals surface area contributed by atoms with Gasteiger partial charge in [-0.05, 0) is 95.4 Å². The van der Waals surface area contributed by atoms with Crippen molar-refractivity contribution in [3.8, 4) is 5.75 Å². The van der Waals surface area contributed by atoms with Gasteiger partial charge in [0.15, 0.2) is 12.4 Å². The number of carbonyl (C=O) groups excluding carboxylic acids is 2. The lowest BCUT2D eigenvalue weighted by Crippen LogP contribution is -2.20. The first-order chi connectivity index (χ1) is 13.0. The first kappa shape index (κ1) is 19.0. The first-order valence-electron chi connectivity index (χ1n) is 8.10. The summed E-state index contributed by atoms with van der Waals surface area (Å²) >= 11 is 2.19. The van der Waals surface area contributed by atoms with E-state index in [0.717, 1.165) is 3.57 Å². The van der Waals surface area contributed by atoms with Gasteiger partial charge < -0.3 is 10.1 Å². The molecule has 0 spiro atoms. The number of halogens is 2. The number of carbonyl (C=O) groups is 2. The van der Waals surface area contributed by atoms with Crippen LogP contribution in [0.15, 0.2) is 72.8 Å². The van der Waals surface area contributed by atoms with E-state index in [2.05, 4.69) is 27.9 Å². The third-order valence-electron chi connectivity index (χ3n) is 3.72. The van der Waals surface area contributed by atoms with Crippen LogP contribution in [0, 0.1) is 9.39 Å². The number of rotatable bonds is 6. The molecule has 0 saturated carbocycles. The molecule has 0 aromatic heterocycles. The molecule has 0 radical (unpaired) electrons. The molecule has 1 N–H and O–H groups in total. The van der Waals surface area contributed by atoms with E-state index in [9.17, 15) is 14.0 Å². The van der Waals surface area contributed by atoms with Crippen molar-refractivity contribution in [2.45, 2.75) is 0 Å². The van der Waals surface area contributed by atoms with Crippen LogP contribution in [0.25, 0.3) is 0 Å². The average molecular weight is 475 g/mol. The Morgan fingerprint density at radius 2 is 1.41 bits per heavy atom. The van der Waals surface area contributed by atoms with Gasteiger partial charge in [-0.3, -0.25) is 9.59 Å². The Balaban J connectivity index is 1.55. The summed E-state index contributed by atoms with van der Waals surface area (Å²) in [6.45, 7) is -0.142. The van der Waals surface area contributed by atoms with Crippen LogP contribution in [0.4, 0.5) is 10.1 Å². The summed E-state index contributed by atoms with van der Waals surface area (Å²) < 4.78 is 19.5. The molecule has 6 heteroatoms. The molecule has 0 aliphatic carbocycles. The summed E-state index contributed by atoms with van der Waals surface area (Å²) in [5, 5.41) is 2.74. The maximum absolute atomic E-state index is 12.9. The Bertz CT molecular complexity index is 939. The highest BCUT2D eigenvalue weighted by Gasteiger charge is 2.10. The molecule has 0 saturated heterocycles. The van der Waals surface area contributed by atoms with Gasteiger partial charge in [-0.25, -0.2) is 4.39 Å². The van der Waals surface area contributed by atoms with Gasteiger partial charge in [0.1, 0.15) is 11.6 Å². The minimum absolute atomic E-state index is 0.142. The average Bonchev–Trinajstić information content (AvgIpc) is 2.69. The van der Waals surface area contributed by atoms with Crippen molar-refractivity contribution in [2.75, 3.05) is 11.9 Å². The summed E-state index contributed by atoms with van der Waals surface area (Å²) in [5.74, 6) is -0.400. The molecule has 0 atom stereocenters. The fourth-order valence-electron chi connectivity index (χ4n) is 2.35. The Labute approximate surface area is 169 Å². The maximum Gasteiger partial charge on any atom is 0.262 e. The topological polar surface area (TPSA) is 55.4 Å². The number of hydrogen-bond acceptors (Lipinski definition) is 3. The third kappa shape index (κ3) is 5.37. The van der Waals surface area contributed by atoms with Crippen molar-refractivity contribution >= 4 is 40.0 Å². The highest BCUT2D eigenvalue weighted by molar-refractivity contribution is 14.1. The van der Waals surface area contributed by atoms with E-state index in [1.165, 1.54) is 24.3 Å². The number of hydrogen-bond donors (Lipinski definition) is 1. The Morgan fingerprint density at radius 3 is 2.00 bits per heavy atom. The zero-order chi connectivity index (χ0) is 19.2. The molecule has 4 nitrogen and oxygen atoms in total. The molecule has 0 heterocycles. The maximum atomic E-state index is 12.9. The summed E-state index contributed by atoms with van der Waals surface area (Å²) in [6.07, 6.45) is 0. The van der Waals surface area contributed by atoms with Gasteiger partial charge in [-0.15, -0.1) is 0 Å². The van der Waals surface area contributed by atoms with Crippen molar-refractivity contribution in [3.63, 3.8) is 0 Å². The van der Waals surface area contributed by atoms with E-state index in [0.29, 0.717) is 22.6 Å². The normalized spacial score (nSPS) is 10.3. The molecule has 27 heavy (non-hydrogen) atoms. The summed E-state index contributed by atoms with van der Waals surface area (Å²) in [5.41, 5.74) is 1.56. The number of ketones is 1. The molecule has 3 aromatic carbocycles. The SMILES string of the molecule is O=C(COc1ccc(C(=O)c2ccc(F)cc2)cc1)Nc1ccc(I)cc1. The lowest BCUT2D eigenvalue weighted by Gasteiger charge is -2.08. The van der Waals surface area contributed by atoms with Crippen LogP contribution in [-0.4, -0.2) is 18.3 Å². The fourth-order valence-corrected chi connectivity index (χ4v) is 2.71. The Hall–Kier alpha value is -2.74. The predicted molar refractivity (Wildman–Crippen MR) is 110 cm³/mol. The smallest absolute Gasteiger partial charge is 0.262 e. The molecule has 3 aromatic rings. The Morgan fingerprint density at radius 1 is 0.852 bits per heavy atom. The van der Waals surface area contributed by atoms with E-state index in [1.54, 1.807) is 24.3 Å². The highest BCUT2D eigenvalue weighted by Crippen LogP contribution is 2.16. The predicted octanol–water partition coefficient (Wildman–Crippen LogP) is 4.68. The summed E-state index contributed by atoms with van der Waals surface area (Å²) in [4.78, 5) is 24.3. The minimum atomic E-state index is -0.390. The first-order valence-corrected chi connectivity index (χ1v) is 9.18. The van der Waals surface area contributed by atoms with Crippen LogP contribution in [0.2, 0.25) is 0 Å². The monoisotopic (exact) mass is 475 g/mol. The van der Waals surface area contributed by atoms with Gasteiger partial charge in [-0.2, -0.15) is 0 Å². The van der Waals surface area contributed by atoms with Crippen molar-refractivity contribution in [1.82, 2.24) is 0 Å². The number of amides is 1. The van der Waals surface area contributed by atoms with Crippen LogP contribution < -0.4 is 10.1 Å². The number of anilines is 1.